The fourth-order valence-electron chi connectivity index (χ4n) is 0.239. The predicted octanol–water partition coefficient (Wildman–Crippen LogP) is -1.46. The van der Waals surface area contributed by atoms with Gasteiger partial charge in [-0.05, 0) is 0 Å². The van der Waals surface area contributed by atoms with Crippen LogP contribution in [0.3, 0.4) is 0 Å². The molecule has 0 aliphatic rings. The third-order valence-corrected chi connectivity index (χ3v) is 0.492. The number of rotatable bonds is 0. The minimum Gasteiger partial charge on any atom is -1.00 e. The maximum absolute atomic E-state index is 4.92. The van der Waals surface area contributed by atoms with Crippen LogP contribution >= 0.6 is 0 Å². The normalized spacial score (nSPS) is 5.00. The van der Waals surface area contributed by atoms with Crippen LogP contribution in [-0.4, -0.2) is 0 Å². The van der Waals surface area contributed by atoms with Gasteiger partial charge >= 0.3 is 18.9 Å². The Morgan fingerprint density at radius 3 is 2.50 bits per heavy atom. The summed E-state index contributed by atoms with van der Waals surface area (Å²) in [5, 5.41) is 0. The van der Waals surface area contributed by atoms with E-state index in [0.717, 1.165) is 6.42 Å². The summed E-state index contributed by atoms with van der Waals surface area (Å²) in [4.78, 5) is 0. The van der Waals surface area contributed by atoms with Gasteiger partial charge in [-0.15, -0.1) is 12.3 Å². The quantitative estimate of drug-likeness (QED) is 0.258. The average Bonchev–Trinajstić information content (AvgIpc) is 1.69. The summed E-state index contributed by atoms with van der Waals surface area (Å²) in [6.45, 7) is 2.00. The molecular weight excluding hydrogens is 91.0 g/mol. The summed E-state index contributed by atoms with van der Waals surface area (Å²) in [6, 6.07) is 0. The Hall–Kier alpha value is -0.283. The molecule has 0 aliphatic carbocycles. The van der Waals surface area contributed by atoms with Crippen molar-refractivity contribution in [3.63, 3.8) is 0 Å². The van der Waals surface area contributed by atoms with Crippen LogP contribution < -0.4 is 18.9 Å². The van der Waals surface area contributed by atoms with Crippen molar-refractivity contribution in [2.45, 2.75) is 19.8 Å². The zero-order valence-electron chi connectivity index (χ0n) is 6.49. The molecule has 0 spiro atoms. The Balaban J connectivity index is -0.000000180. The fraction of sp³-hybridized carbons (Fsp3) is 0.429. The summed E-state index contributed by atoms with van der Waals surface area (Å²) in [5.74, 6) is 8.08. The second kappa shape index (κ2) is 9.87. The van der Waals surface area contributed by atoms with E-state index in [9.17, 15) is 0 Å². The zero-order chi connectivity index (χ0) is 5.54. The van der Waals surface area contributed by atoms with E-state index in [2.05, 4.69) is 17.8 Å². The van der Waals surface area contributed by atoms with Gasteiger partial charge in [0.2, 0.25) is 0 Å². The van der Waals surface area contributed by atoms with Crippen molar-refractivity contribution in [3.05, 3.63) is 0 Å². The number of hydrogen-bond donors (Lipinski definition) is 0. The van der Waals surface area contributed by atoms with Gasteiger partial charge in [-0.3, -0.25) is 0 Å². The first-order chi connectivity index (χ1) is 3.41. The first kappa shape index (κ1) is 10.7. The van der Waals surface area contributed by atoms with Gasteiger partial charge in [-0.1, -0.05) is 18.8 Å². The number of terminal acetylenes is 1. The third kappa shape index (κ3) is 9.21. The van der Waals surface area contributed by atoms with Gasteiger partial charge in [0.1, 0.15) is 0 Å². The second-order valence-corrected chi connectivity index (χ2v) is 1.09. The van der Waals surface area contributed by atoms with E-state index in [0.29, 0.717) is 6.42 Å². The van der Waals surface area contributed by atoms with E-state index in [1.54, 1.807) is 0 Å². The van der Waals surface area contributed by atoms with Gasteiger partial charge < -0.3 is 1.43 Å². The van der Waals surface area contributed by atoms with Crippen LogP contribution in [0.1, 0.15) is 21.2 Å². The van der Waals surface area contributed by atoms with Crippen molar-refractivity contribution in [2.75, 3.05) is 0 Å². The molecule has 0 heterocycles. The van der Waals surface area contributed by atoms with Crippen LogP contribution in [0.25, 0.3) is 0 Å². The SMILES string of the molecule is C#CCC#CCC.[H-].[Li+]. The molecule has 0 atom stereocenters. The minimum atomic E-state index is 0. The van der Waals surface area contributed by atoms with Gasteiger partial charge in [0.15, 0.2) is 0 Å². The van der Waals surface area contributed by atoms with Crippen molar-refractivity contribution < 1.29 is 20.3 Å². The largest absolute Gasteiger partial charge is 1.00 e. The summed E-state index contributed by atoms with van der Waals surface area (Å²) in [5.41, 5.74) is 0. The molecule has 0 amide bonds. The second-order valence-electron chi connectivity index (χ2n) is 1.09. The molecule has 0 aromatic carbocycles. The first-order valence-electron chi connectivity index (χ1n) is 2.31. The van der Waals surface area contributed by atoms with E-state index in [-0.39, 0.29) is 20.3 Å². The van der Waals surface area contributed by atoms with Crippen LogP contribution in [0.15, 0.2) is 0 Å². The zero-order valence-corrected chi connectivity index (χ0v) is 5.49. The van der Waals surface area contributed by atoms with Crippen LogP contribution in [0, 0.1) is 24.2 Å². The predicted molar refractivity (Wildman–Crippen MR) is 32.6 cm³/mol. The average molecular weight is 100 g/mol. The van der Waals surface area contributed by atoms with Crippen LogP contribution in [-0.2, 0) is 0 Å². The Labute approximate surface area is 64.7 Å². The topological polar surface area (TPSA) is 0 Å². The van der Waals surface area contributed by atoms with Crippen LogP contribution in [0.5, 0.6) is 0 Å². The molecular formula is C7H9Li. The Morgan fingerprint density at radius 2 is 2.12 bits per heavy atom. The molecule has 0 saturated heterocycles. The van der Waals surface area contributed by atoms with Crippen LogP contribution in [0.2, 0.25) is 0 Å². The summed E-state index contributed by atoms with van der Waals surface area (Å²) >= 11 is 0. The molecule has 0 bridgehead atoms. The van der Waals surface area contributed by atoms with Crippen LogP contribution in [0.4, 0.5) is 0 Å². The van der Waals surface area contributed by atoms with E-state index in [1.165, 1.54) is 0 Å². The molecule has 0 rings (SSSR count). The Morgan fingerprint density at radius 1 is 1.50 bits per heavy atom. The van der Waals surface area contributed by atoms with E-state index in [1.807, 2.05) is 6.92 Å². The van der Waals surface area contributed by atoms with Gasteiger partial charge in [0, 0.05) is 6.42 Å². The standard InChI is InChI=1S/C7H8.Li.H/c1-3-5-7-6-4-2;;/h1H,4-5H2,2H3;;/q;+1;-1. The van der Waals surface area contributed by atoms with Gasteiger partial charge in [-0.25, -0.2) is 0 Å². The van der Waals surface area contributed by atoms with Gasteiger partial charge in [0.25, 0.3) is 0 Å². The summed E-state index contributed by atoms with van der Waals surface area (Å²) < 4.78 is 0. The molecule has 0 nitrogen and oxygen atoms in total. The van der Waals surface area contributed by atoms with E-state index < -0.39 is 0 Å². The molecule has 0 aliphatic heterocycles. The summed E-state index contributed by atoms with van der Waals surface area (Å²) in [6.07, 6.45) is 6.41. The number of hydrogen-bond acceptors (Lipinski definition) is 0. The van der Waals surface area contributed by atoms with Gasteiger partial charge in [-0.2, -0.15) is 0 Å². The van der Waals surface area contributed by atoms with E-state index in [4.69, 9.17) is 6.42 Å². The molecule has 0 fully saturated rings. The smallest absolute Gasteiger partial charge is 1.00 e. The molecule has 0 aromatic heterocycles. The van der Waals surface area contributed by atoms with Crippen molar-refractivity contribution >= 4 is 0 Å². The van der Waals surface area contributed by atoms with Crippen molar-refractivity contribution in [3.8, 4) is 24.2 Å². The molecule has 38 valence electrons. The monoisotopic (exact) mass is 100 g/mol. The molecule has 8 heavy (non-hydrogen) atoms. The van der Waals surface area contributed by atoms with Crippen molar-refractivity contribution in [2.24, 2.45) is 0 Å². The third-order valence-electron chi connectivity index (χ3n) is 0.492. The molecule has 0 aromatic rings. The molecule has 0 N–H and O–H groups in total. The van der Waals surface area contributed by atoms with E-state index >= 15 is 0 Å². The molecule has 1 heteroatoms. The van der Waals surface area contributed by atoms with Gasteiger partial charge in [0.05, 0.1) is 6.42 Å². The molecule has 0 unspecified atom stereocenters. The van der Waals surface area contributed by atoms with Crippen molar-refractivity contribution in [1.29, 1.82) is 0 Å². The maximum Gasteiger partial charge on any atom is 1.00 e. The molecule has 0 saturated carbocycles. The maximum atomic E-state index is 4.92. The van der Waals surface area contributed by atoms with Crippen molar-refractivity contribution in [1.82, 2.24) is 0 Å². The molecule has 0 radical (unpaired) electrons. The Bertz CT molecular complexity index is 124. The first-order valence-corrected chi connectivity index (χ1v) is 2.31. The summed E-state index contributed by atoms with van der Waals surface area (Å²) in [7, 11) is 0. The minimum absolute atomic E-state index is 0. The Kier molecular flexibility index (Phi) is 13.1. The fourth-order valence-corrected chi connectivity index (χ4v) is 0.239.